The van der Waals surface area contributed by atoms with Crippen molar-refractivity contribution in [2.24, 2.45) is 5.73 Å². The second-order valence-electron chi connectivity index (χ2n) is 5.12. The van der Waals surface area contributed by atoms with Crippen molar-refractivity contribution in [3.05, 3.63) is 81.2 Å². The molecule has 7 heteroatoms. The van der Waals surface area contributed by atoms with Gasteiger partial charge in [0.15, 0.2) is 0 Å². The second kappa shape index (κ2) is 5.93. The molecule has 2 heterocycles. The molecule has 0 unspecified atom stereocenters. The van der Waals surface area contributed by atoms with Crippen LogP contribution in [0, 0.1) is 17.1 Å². The smallest absolute Gasteiger partial charge is 0.265 e. The van der Waals surface area contributed by atoms with Gasteiger partial charge in [0, 0.05) is 12.5 Å². The van der Waals surface area contributed by atoms with E-state index in [2.05, 4.69) is 4.98 Å². The van der Waals surface area contributed by atoms with Gasteiger partial charge in [-0.3, -0.25) is 14.0 Å². The molecule has 6 nitrogen and oxygen atoms in total. The Bertz CT molecular complexity index is 1070. The number of halogens is 1. The fourth-order valence-electron chi connectivity index (χ4n) is 2.48. The number of nitrogens with two attached hydrogens (primary N) is 1. The molecule has 24 heavy (non-hydrogen) atoms. The molecule has 3 rings (SSSR count). The number of benzene rings is 1. The van der Waals surface area contributed by atoms with Crippen molar-refractivity contribution in [2.45, 2.75) is 6.42 Å². The summed E-state index contributed by atoms with van der Waals surface area (Å²) in [5, 5.41) is 8.87. The first-order valence-electron chi connectivity index (χ1n) is 7.00. The second-order valence-corrected chi connectivity index (χ2v) is 5.12. The van der Waals surface area contributed by atoms with Crippen molar-refractivity contribution in [1.29, 1.82) is 5.26 Å². The maximum Gasteiger partial charge on any atom is 0.265 e. The summed E-state index contributed by atoms with van der Waals surface area (Å²) in [5.41, 5.74) is 5.56. The van der Waals surface area contributed by atoms with Crippen LogP contribution >= 0.6 is 0 Å². The van der Waals surface area contributed by atoms with Gasteiger partial charge in [0.05, 0.1) is 11.3 Å². The van der Waals surface area contributed by atoms with Gasteiger partial charge in [-0.05, 0) is 23.8 Å². The third kappa shape index (κ3) is 2.61. The van der Waals surface area contributed by atoms with Crippen LogP contribution in [0.2, 0.25) is 0 Å². The highest BCUT2D eigenvalue weighted by atomic mass is 19.1. The normalized spacial score (nSPS) is 10.5. The molecular formula is C17H11FN4O2. The van der Waals surface area contributed by atoms with E-state index in [0.29, 0.717) is 5.69 Å². The Morgan fingerprint density at radius 1 is 1.29 bits per heavy atom. The van der Waals surface area contributed by atoms with E-state index in [-0.39, 0.29) is 28.9 Å². The zero-order valence-electron chi connectivity index (χ0n) is 12.4. The SMILES string of the molecule is N#Cc1cccc(Cc2cc(=O)n3c(C(N)=O)cccc3n2)c1F. The molecule has 0 bridgehead atoms. The Kier molecular flexibility index (Phi) is 3.80. The van der Waals surface area contributed by atoms with Crippen LogP contribution in [0.15, 0.2) is 47.3 Å². The van der Waals surface area contributed by atoms with Crippen molar-refractivity contribution in [2.75, 3.05) is 0 Å². The molecule has 0 atom stereocenters. The van der Waals surface area contributed by atoms with Crippen LogP contribution in [0.3, 0.4) is 0 Å². The summed E-state index contributed by atoms with van der Waals surface area (Å²) in [4.78, 5) is 28.0. The van der Waals surface area contributed by atoms with Gasteiger partial charge < -0.3 is 5.73 Å². The average Bonchev–Trinajstić information content (AvgIpc) is 2.56. The van der Waals surface area contributed by atoms with Gasteiger partial charge in [0.2, 0.25) is 0 Å². The Hall–Kier alpha value is -3.53. The summed E-state index contributed by atoms with van der Waals surface area (Å²) in [7, 11) is 0. The number of pyridine rings is 1. The number of hydrogen-bond donors (Lipinski definition) is 1. The molecule has 0 saturated carbocycles. The third-order valence-electron chi connectivity index (χ3n) is 3.56. The molecule has 3 aromatic rings. The number of nitrogens with zero attached hydrogens (tertiary/aromatic N) is 3. The molecule has 0 aliphatic rings. The fraction of sp³-hybridized carbons (Fsp3) is 0.0588. The van der Waals surface area contributed by atoms with Crippen LogP contribution in [-0.4, -0.2) is 15.3 Å². The summed E-state index contributed by atoms with van der Waals surface area (Å²) in [5.74, 6) is -1.38. The average molecular weight is 322 g/mol. The predicted molar refractivity (Wildman–Crippen MR) is 83.9 cm³/mol. The topological polar surface area (TPSA) is 101 Å². The molecule has 0 aliphatic heterocycles. The van der Waals surface area contributed by atoms with Crippen LogP contribution < -0.4 is 11.3 Å². The minimum atomic E-state index is -0.745. The molecule has 0 aliphatic carbocycles. The number of carbonyl (C=O) groups is 1. The molecule has 1 aromatic carbocycles. The number of primary amides is 1. The van der Waals surface area contributed by atoms with Crippen molar-refractivity contribution < 1.29 is 9.18 Å². The minimum absolute atomic E-state index is 0.0224. The molecule has 2 N–H and O–H groups in total. The van der Waals surface area contributed by atoms with Crippen molar-refractivity contribution in [3.8, 4) is 6.07 Å². The first kappa shape index (κ1) is 15.4. The Morgan fingerprint density at radius 2 is 2.04 bits per heavy atom. The van der Waals surface area contributed by atoms with E-state index in [1.165, 1.54) is 24.3 Å². The van der Waals surface area contributed by atoms with Gasteiger partial charge in [-0.1, -0.05) is 18.2 Å². The van der Waals surface area contributed by atoms with E-state index in [1.54, 1.807) is 24.3 Å². The van der Waals surface area contributed by atoms with E-state index < -0.39 is 17.3 Å². The summed E-state index contributed by atoms with van der Waals surface area (Å²) in [6, 6.07) is 12.0. The number of fused-ring (bicyclic) bond motifs is 1. The predicted octanol–water partition coefficient (Wildman–Crippen LogP) is 1.39. The Balaban J connectivity index is 2.12. The number of rotatable bonds is 3. The number of nitriles is 1. The van der Waals surface area contributed by atoms with Gasteiger partial charge in [0.25, 0.3) is 11.5 Å². The number of amides is 1. The zero-order chi connectivity index (χ0) is 17.3. The minimum Gasteiger partial charge on any atom is -0.364 e. The highest BCUT2D eigenvalue weighted by molar-refractivity contribution is 5.91. The summed E-state index contributed by atoms with van der Waals surface area (Å²) in [6.45, 7) is 0. The first-order chi connectivity index (χ1) is 11.5. The van der Waals surface area contributed by atoms with Crippen molar-refractivity contribution >= 4 is 11.6 Å². The van der Waals surface area contributed by atoms with Crippen LogP contribution in [0.4, 0.5) is 4.39 Å². The van der Waals surface area contributed by atoms with E-state index in [0.717, 1.165) is 4.40 Å². The lowest BCUT2D eigenvalue weighted by molar-refractivity contribution is 0.0994. The lowest BCUT2D eigenvalue weighted by atomic mass is 10.1. The fourth-order valence-corrected chi connectivity index (χ4v) is 2.48. The number of hydrogen-bond acceptors (Lipinski definition) is 4. The lowest BCUT2D eigenvalue weighted by Crippen LogP contribution is -2.24. The molecule has 0 fully saturated rings. The van der Waals surface area contributed by atoms with E-state index in [4.69, 9.17) is 11.0 Å². The largest absolute Gasteiger partial charge is 0.364 e. The highest BCUT2D eigenvalue weighted by Gasteiger charge is 2.13. The van der Waals surface area contributed by atoms with E-state index in [9.17, 15) is 14.0 Å². The Labute approximate surface area is 135 Å². The van der Waals surface area contributed by atoms with Crippen molar-refractivity contribution in [1.82, 2.24) is 9.38 Å². The summed E-state index contributed by atoms with van der Waals surface area (Å²) < 4.78 is 15.3. The summed E-state index contributed by atoms with van der Waals surface area (Å²) in [6.07, 6.45) is 0.0495. The van der Waals surface area contributed by atoms with Crippen LogP contribution in [-0.2, 0) is 6.42 Å². The molecular weight excluding hydrogens is 311 g/mol. The van der Waals surface area contributed by atoms with E-state index >= 15 is 0 Å². The van der Waals surface area contributed by atoms with Crippen LogP contribution in [0.1, 0.15) is 27.3 Å². The number of carbonyl (C=O) groups excluding carboxylic acids is 1. The van der Waals surface area contributed by atoms with Gasteiger partial charge in [-0.15, -0.1) is 0 Å². The molecule has 1 amide bonds. The maximum absolute atomic E-state index is 14.1. The lowest BCUT2D eigenvalue weighted by Gasteiger charge is -2.08. The summed E-state index contributed by atoms with van der Waals surface area (Å²) >= 11 is 0. The molecule has 0 radical (unpaired) electrons. The van der Waals surface area contributed by atoms with Gasteiger partial charge in [-0.2, -0.15) is 5.26 Å². The van der Waals surface area contributed by atoms with Gasteiger partial charge in [0.1, 0.15) is 23.2 Å². The maximum atomic E-state index is 14.1. The third-order valence-corrected chi connectivity index (χ3v) is 3.56. The molecule has 118 valence electrons. The molecule has 0 spiro atoms. The standard InChI is InChI=1S/C17H11FN4O2/c18-16-10(3-1-4-11(16)9-19)7-12-8-15(23)22-13(17(20)24)5-2-6-14(22)21-12/h1-6,8H,7H2,(H2,20,24). The van der Waals surface area contributed by atoms with E-state index in [1.807, 2.05) is 0 Å². The van der Waals surface area contributed by atoms with Crippen LogP contribution in [0.25, 0.3) is 5.65 Å². The number of aromatic nitrogens is 2. The van der Waals surface area contributed by atoms with Gasteiger partial charge >= 0.3 is 0 Å². The quantitative estimate of drug-likeness (QED) is 0.787. The van der Waals surface area contributed by atoms with Gasteiger partial charge in [-0.25, -0.2) is 9.37 Å². The van der Waals surface area contributed by atoms with Crippen LogP contribution in [0.5, 0.6) is 0 Å². The Morgan fingerprint density at radius 3 is 2.75 bits per heavy atom. The first-order valence-corrected chi connectivity index (χ1v) is 7.00. The highest BCUT2D eigenvalue weighted by Crippen LogP contribution is 2.15. The monoisotopic (exact) mass is 322 g/mol. The van der Waals surface area contributed by atoms with Crippen molar-refractivity contribution in [3.63, 3.8) is 0 Å². The molecule has 2 aromatic heterocycles. The zero-order valence-corrected chi connectivity index (χ0v) is 12.4. The molecule has 0 saturated heterocycles.